The Morgan fingerprint density at radius 1 is 0.488 bits per heavy atom. The van der Waals surface area contributed by atoms with Crippen LogP contribution in [0.1, 0.15) is 33.4 Å². The molecule has 0 spiro atoms. The number of fused-ring (bicyclic) bond motifs is 2. The van der Waals surface area contributed by atoms with E-state index < -0.39 is 0 Å². The summed E-state index contributed by atoms with van der Waals surface area (Å²) in [6.45, 7) is 4.10. The number of hydrogen-bond acceptors (Lipinski definition) is 3. The van der Waals surface area contributed by atoms with Gasteiger partial charge in [0.15, 0.2) is 0 Å². The van der Waals surface area contributed by atoms with Gasteiger partial charge < -0.3 is 4.90 Å². The smallest absolute Gasteiger partial charge is 0.100 e. The molecule has 0 radical (unpaired) electrons. The summed E-state index contributed by atoms with van der Waals surface area (Å²) in [5, 5.41) is 23.3. The molecule has 0 aliphatic heterocycles. The molecule has 0 aliphatic rings. The summed E-state index contributed by atoms with van der Waals surface area (Å²) < 4.78 is 0. The highest BCUT2D eigenvalue weighted by Crippen LogP contribution is 2.36. The third-order valence-corrected chi connectivity index (χ3v) is 7.45. The molecule has 0 aliphatic carbocycles. The van der Waals surface area contributed by atoms with Crippen LogP contribution < -0.4 is 4.90 Å². The van der Waals surface area contributed by atoms with Crippen LogP contribution in [0.2, 0.25) is 0 Å². The average molecular weight is 526 g/mol. The maximum atomic E-state index is 10.1. The van der Waals surface area contributed by atoms with Crippen LogP contribution in [-0.2, 0) is 0 Å². The molecule has 0 N–H and O–H groups in total. The van der Waals surface area contributed by atoms with Crippen LogP contribution in [0.15, 0.2) is 115 Å². The van der Waals surface area contributed by atoms with Gasteiger partial charge >= 0.3 is 0 Å². The van der Waals surface area contributed by atoms with E-state index >= 15 is 0 Å². The first-order valence-electron chi connectivity index (χ1n) is 13.6. The van der Waals surface area contributed by atoms with E-state index in [9.17, 15) is 10.5 Å². The highest BCUT2D eigenvalue weighted by Gasteiger charge is 2.15. The van der Waals surface area contributed by atoms with Gasteiger partial charge in [0.25, 0.3) is 0 Å². The van der Waals surface area contributed by atoms with Gasteiger partial charge in [0.2, 0.25) is 0 Å². The molecule has 0 fully saturated rings. The lowest BCUT2D eigenvalue weighted by Crippen LogP contribution is -2.09. The van der Waals surface area contributed by atoms with Crippen molar-refractivity contribution in [2.75, 3.05) is 4.90 Å². The minimum absolute atomic E-state index is 0.603. The van der Waals surface area contributed by atoms with Crippen LogP contribution in [-0.4, -0.2) is 0 Å². The summed E-state index contributed by atoms with van der Waals surface area (Å²) in [4.78, 5) is 2.25. The predicted molar refractivity (Wildman–Crippen MR) is 170 cm³/mol. The van der Waals surface area contributed by atoms with Crippen molar-refractivity contribution in [3.8, 4) is 12.1 Å². The summed E-state index contributed by atoms with van der Waals surface area (Å²) in [6, 6.07) is 44.1. The van der Waals surface area contributed by atoms with Crippen LogP contribution in [0.3, 0.4) is 0 Å². The molecule has 0 aromatic heterocycles. The lowest BCUT2D eigenvalue weighted by atomic mass is 9.91. The fourth-order valence-corrected chi connectivity index (χ4v) is 5.35. The van der Waals surface area contributed by atoms with Gasteiger partial charge in [0.05, 0.1) is 11.1 Å². The Morgan fingerprint density at radius 3 is 1.61 bits per heavy atom. The average Bonchev–Trinajstić information content (AvgIpc) is 3.01. The zero-order valence-corrected chi connectivity index (χ0v) is 23.0. The van der Waals surface area contributed by atoms with Crippen molar-refractivity contribution in [2.45, 2.75) is 13.8 Å². The van der Waals surface area contributed by atoms with E-state index in [2.05, 4.69) is 109 Å². The lowest BCUT2D eigenvalue weighted by molar-refractivity contribution is 1.27. The molecule has 194 valence electrons. The van der Waals surface area contributed by atoms with Gasteiger partial charge in [-0.15, -0.1) is 0 Å². The number of hydrogen-bond donors (Lipinski definition) is 0. The van der Waals surface area contributed by atoms with Crippen molar-refractivity contribution >= 4 is 50.8 Å². The molecule has 0 heterocycles. The Morgan fingerprint density at radius 2 is 0.976 bits per heavy atom. The molecule has 6 aromatic rings. The molecule has 6 aromatic carbocycles. The normalized spacial score (nSPS) is 11.0. The lowest BCUT2D eigenvalue weighted by Gasteiger charge is -2.25. The van der Waals surface area contributed by atoms with Crippen LogP contribution in [0.4, 0.5) is 17.1 Å². The number of anilines is 3. The molecular formula is C38H27N3. The number of rotatable bonds is 5. The highest BCUT2D eigenvalue weighted by molar-refractivity contribution is 6.10. The zero-order valence-electron chi connectivity index (χ0n) is 23.0. The van der Waals surface area contributed by atoms with Crippen molar-refractivity contribution in [3.63, 3.8) is 0 Å². The second-order valence-corrected chi connectivity index (χ2v) is 10.3. The van der Waals surface area contributed by atoms with Gasteiger partial charge in [0.1, 0.15) is 12.1 Å². The monoisotopic (exact) mass is 525 g/mol. The molecular weight excluding hydrogens is 498 g/mol. The third kappa shape index (κ3) is 4.94. The Hall–Kier alpha value is -5.64. The number of para-hydroxylation sites is 1. The van der Waals surface area contributed by atoms with Crippen molar-refractivity contribution in [2.24, 2.45) is 0 Å². The second kappa shape index (κ2) is 10.9. The molecule has 0 atom stereocenters. The van der Waals surface area contributed by atoms with Gasteiger partial charge in [-0.1, -0.05) is 96.1 Å². The maximum Gasteiger partial charge on any atom is 0.100 e. The first kappa shape index (κ1) is 25.6. The van der Waals surface area contributed by atoms with E-state index in [0.717, 1.165) is 55.3 Å². The SMILES string of the molecule is Cc1ccc(N(c2ccccc2)c2ccc(C=Cc3ccc4c(C#N)c5cc(C)ccc5c(C#N)c4c3)cc2)cc1. The summed E-state index contributed by atoms with van der Waals surface area (Å²) in [5.74, 6) is 0. The fourth-order valence-electron chi connectivity index (χ4n) is 5.35. The van der Waals surface area contributed by atoms with Gasteiger partial charge in [-0.2, -0.15) is 10.5 Å². The van der Waals surface area contributed by atoms with E-state index in [0.29, 0.717) is 11.1 Å². The summed E-state index contributed by atoms with van der Waals surface area (Å²) in [6.07, 6.45) is 4.13. The minimum Gasteiger partial charge on any atom is -0.311 e. The predicted octanol–water partition coefficient (Wildman–Crippen LogP) is 9.99. The molecule has 0 unspecified atom stereocenters. The maximum absolute atomic E-state index is 10.1. The Balaban J connectivity index is 1.35. The quantitative estimate of drug-likeness (QED) is 0.166. The van der Waals surface area contributed by atoms with Gasteiger partial charge in [-0.3, -0.25) is 0 Å². The first-order chi connectivity index (χ1) is 20.1. The zero-order chi connectivity index (χ0) is 28.3. The third-order valence-electron chi connectivity index (χ3n) is 7.45. The van der Waals surface area contributed by atoms with Crippen molar-refractivity contribution in [3.05, 3.63) is 149 Å². The van der Waals surface area contributed by atoms with E-state index in [4.69, 9.17) is 0 Å². The number of aryl methyl sites for hydroxylation is 2. The van der Waals surface area contributed by atoms with E-state index in [1.54, 1.807) is 0 Å². The molecule has 0 saturated carbocycles. The van der Waals surface area contributed by atoms with Gasteiger partial charge in [0, 0.05) is 38.6 Å². The van der Waals surface area contributed by atoms with Crippen LogP contribution in [0.5, 0.6) is 0 Å². The van der Waals surface area contributed by atoms with Crippen molar-refractivity contribution in [1.29, 1.82) is 10.5 Å². The van der Waals surface area contributed by atoms with Crippen molar-refractivity contribution in [1.82, 2.24) is 0 Å². The molecule has 3 heteroatoms. The van der Waals surface area contributed by atoms with Crippen LogP contribution in [0, 0.1) is 36.5 Å². The second-order valence-electron chi connectivity index (χ2n) is 10.3. The molecule has 0 amide bonds. The number of nitrogens with zero attached hydrogens (tertiary/aromatic N) is 3. The fraction of sp³-hybridized carbons (Fsp3) is 0.0526. The summed E-state index contributed by atoms with van der Waals surface area (Å²) in [5.41, 5.74) is 8.83. The molecule has 6 rings (SSSR count). The van der Waals surface area contributed by atoms with Crippen LogP contribution in [0.25, 0.3) is 33.7 Å². The summed E-state index contributed by atoms with van der Waals surface area (Å²) >= 11 is 0. The minimum atomic E-state index is 0.603. The molecule has 41 heavy (non-hydrogen) atoms. The van der Waals surface area contributed by atoms with Gasteiger partial charge in [-0.05, 0) is 67.4 Å². The largest absolute Gasteiger partial charge is 0.311 e. The Bertz CT molecular complexity index is 2000. The molecule has 0 bridgehead atoms. The molecule has 0 saturated heterocycles. The number of nitriles is 2. The van der Waals surface area contributed by atoms with Gasteiger partial charge in [-0.25, -0.2) is 0 Å². The van der Waals surface area contributed by atoms with E-state index in [1.807, 2.05) is 49.4 Å². The van der Waals surface area contributed by atoms with Crippen LogP contribution >= 0.6 is 0 Å². The first-order valence-corrected chi connectivity index (χ1v) is 13.6. The van der Waals surface area contributed by atoms with E-state index in [-0.39, 0.29) is 0 Å². The van der Waals surface area contributed by atoms with E-state index in [1.165, 1.54) is 5.56 Å². The molecule has 3 nitrogen and oxygen atoms in total. The van der Waals surface area contributed by atoms with Crippen molar-refractivity contribution < 1.29 is 0 Å². The Labute approximate surface area is 240 Å². The Kier molecular flexibility index (Phi) is 6.78. The topological polar surface area (TPSA) is 50.8 Å². The standard InChI is InChI=1S/C38H27N3/c1-26-8-16-31(17-9-26)41(30-6-4-3-5-7-30)32-18-13-28(14-19-32)11-12-29-15-21-34-36(23-29)38(25-40)33-20-10-27(2)22-35(33)37(34)24-39/h3-23H,1-2H3. The highest BCUT2D eigenvalue weighted by atomic mass is 15.1. The number of benzene rings is 6. The summed E-state index contributed by atoms with van der Waals surface area (Å²) in [7, 11) is 0.